The molecule has 0 atom stereocenters. The van der Waals surface area contributed by atoms with Gasteiger partial charge in [0.25, 0.3) is 0 Å². The minimum atomic E-state index is -0.332. The molecule has 0 aliphatic heterocycles. The molecule has 0 saturated carbocycles. The zero-order chi connectivity index (χ0) is 18.9. The average molecular weight is 358 g/mol. The second kappa shape index (κ2) is 9.39. The van der Waals surface area contributed by atoms with Crippen LogP contribution in [0.4, 0.5) is 0 Å². The predicted molar refractivity (Wildman–Crippen MR) is 108 cm³/mol. The minimum Gasteiger partial charge on any atom is -0.488 e. The summed E-state index contributed by atoms with van der Waals surface area (Å²) in [6, 6.07) is 26.1. The first-order valence-corrected chi connectivity index (χ1v) is 8.97. The van der Waals surface area contributed by atoms with Crippen molar-refractivity contribution in [1.82, 2.24) is 0 Å². The second-order valence-electron chi connectivity index (χ2n) is 5.98. The lowest BCUT2D eigenvalue weighted by molar-refractivity contribution is -0.137. The van der Waals surface area contributed by atoms with E-state index in [4.69, 9.17) is 9.47 Å². The topological polar surface area (TPSA) is 35.5 Å². The molecule has 3 heteroatoms. The summed E-state index contributed by atoms with van der Waals surface area (Å²) in [5, 5.41) is 0. The van der Waals surface area contributed by atoms with Crippen molar-refractivity contribution in [1.29, 1.82) is 0 Å². The lowest BCUT2D eigenvalue weighted by Gasteiger charge is -2.12. The quantitative estimate of drug-likeness (QED) is 0.413. The van der Waals surface area contributed by atoms with Crippen LogP contribution < -0.4 is 4.74 Å². The van der Waals surface area contributed by atoms with Crippen LogP contribution in [0.15, 0.2) is 84.9 Å². The highest BCUT2D eigenvalue weighted by molar-refractivity contribution is 5.87. The Bertz CT molecular complexity index is 896. The highest BCUT2D eigenvalue weighted by atomic mass is 16.5. The maximum absolute atomic E-state index is 11.4. The molecular weight excluding hydrogens is 336 g/mol. The number of hydrogen-bond acceptors (Lipinski definition) is 3. The van der Waals surface area contributed by atoms with Gasteiger partial charge in [-0.05, 0) is 35.8 Å². The third kappa shape index (κ3) is 5.32. The predicted octanol–water partition coefficient (Wildman–Crippen LogP) is 5.51. The molecule has 3 nitrogen and oxygen atoms in total. The van der Waals surface area contributed by atoms with E-state index in [1.807, 2.05) is 78.9 Å². The van der Waals surface area contributed by atoms with Crippen molar-refractivity contribution in [2.24, 2.45) is 0 Å². The highest BCUT2D eigenvalue weighted by Gasteiger charge is 2.06. The monoisotopic (exact) mass is 358 g/mol. The summed E-state index contributed by atoms with van der Waals surface area (Å²) in [5.41, 5.74) is 4.17. The molecule has 0 N–H and O–H groups in total. The van der Waals surface area contributed by atoms with E-state index >= 15 is 0 Å². The molecule has 0 bridgehead atoms. The number of carbonyl (C=O) groups excluding carboxylic acids is 1. The van der Waals surface area contributed by atoms with Gasteiger partial charge in [-0.3, -0.25) is 0 Å². The van der Waals surface area contributed by atoms with E-state index in [-0.39, 0.29) is 5.97 Å². The number of para-hydroxylation sites is 1. The van der Waals surface area contributed by atoms with E-state index in [0.717, 1.165) is 28.0 Å². The van der Waals surface area contributed by atoms with Crippen molar-refractivity contribution in [2.45, 2.75) is 13.5 Å². The molecule has 0 spiro atoms. The molecule has 0 radical (unpaired) electrons. The Labute approximate surface area is 159 Å². The van der Waals surface area contributed by atoms with Crippen LogP contribution in [0.5, 0.6) is 5.75 Å². The lowest BCUT2D eigenvalue weighted by atomic mass is 10.0. The van der Waals surface area contributed by atoms with E-state index in [1.54, 1.807) is 13.0 Å². The third-order valence-corrected chi connectivity index (χ3v) is 4.04. The summed E-state index contributed by atoms with van der Waals surface area (Å²) in [5.74, 6) is 0.511. The molecule has 0 fully saturated rings. The first-order chi connectivity index (χ1) is 13.3. The minimum absolute atomic E-state index is 0.332. The lowest BCUT2D eigenvalue weighted by Crippen LogP contribution is -1.98. The summed E-state index contributed by atoms with van der Waals surface area (Å²) in [6.45, 7) is 2.69. The summed E-state index contributed by atoms with van der Waals surface area (Å²) in [7, 11) is 0. The molecule has 136 valence electrons. The third-order valence-electron chi connectivity index (χ3n) is 4.04. The molecule has 0 amide bonds. The number of rotatable bonds is 7. The number of esters is 1. The van der Waals surface area contributed by atoms with Crippen LogP contribution in [0, 0.1) is 0 Å². The standard InChI is InChI=1S/C24H22O3/c1-2-26-24(25)17-14-19-12-15-21(16-13-19)22-10-6-7-11-23(22)27-18-20-8-4-3-5-9-20/h3-17H,2,18H2,1H3. The molecule has 0 heterocycles. The van der Waals surface area contributed by atoms with Crippen molar-refractivity contribution in [3.63, 3.8) is 0 Å². The first kappa shape index (κ1) is 18.5. The van der Waals surface area contributed by atoms with Gasteiger partial charge in [0, 0.05) is 11.6 Å². The molecule has 0 unspecified atom stereocenters. The van der Waals surface area contributed by atoms with Gasteiger partial charge in [0.2, 0.25) is 0 Å². The van der Waals surface area contributed by atoms with Crippen LogP contribution in [0.25, 0.3) is 17.2 Å². The summed E-state index contributed by atoms with van der Waals surface area (Å²) in [6.07, 6.45) is 3.19. The first-order valence-electron chi connectivity index (χ1n) is 8.97. The highest BCUT2D eigenvalue weighted by Crippen LogP contribution is 2.30. The van der Waals surface area contributed by atoms with Gasteiger partial charge in [0.1, 0.15) is 12.4 Å². The molecule has 3 rings (SSSR count). The molecule has 27 heavy (non-hydrogen) atoms. The average Bonchev–Trinajstić information content (AvgIpc) is 2.72. The molecule has 3 aromatic carbocycles. The van der Waals surface area contributed by atoms with Crippen molar-refractivity contribution < 1.29 is 14.3 Å². The van der Waals surface area contributed by atoms with E-state index < -0.39 is 0 Å². The molecule has 0 saturated heterocycles. The van der Waals surface area contributed by atoms with Gasteiger partial charge < -0.3 is 9.47 Å². The van der Waals surface area contributed by atoms with Crippen LogP contribution >= 0.6 is 0 Å². The van der Waals surface area contributed by atoms with Crippen molar-refractivity contribution in [3.8, 4) is 16.9 Å². The fourth-order valence-corrected chi connectivity index (χ4v) is 2.69. The molecule has 0 aliphatic carbocycles. The van der Waals surface area contributed by atoms with Crippen LogP contribution in [-0.4, -0.2) is 12.6 Å². The van der Waals surface area contributed by atoms with Crippen LogP contribution in [0.1, 0.15) is 18.1 Å². The Balaban J connectivity index is 1.73. The van der Waals surface area contributed by atoms with Gasteiger partial charge in [-0.1, -0.05) is 72.8 Å². The summed E-state index contributed by atoms with van der Waals surface area (Å²) < 4.78 is 10.9. The van der Waals surface area contributed by atoms with Gasteiger partial charge in [-0.15, -0.1) is 0 Å². The van der Waals surface area contributed by atoms with Crippen molar-refractivity contribution in [3.05, 3.63) is 96.1 Å². The molecule has 0 aliphatic rings. The summed E-state index contributed by atoms with van der Waals surface area (Å²) in [4.78, 5) is 11.4. The Morgan fingerprint density at radius 2 is 1.59 bits per heavy atom. The van der Waals surface area contributed by atoms with Crippen LogP contribution in [0.2, 0.25) is 0 Å². The van der Waals surface area contributed by atoms with E-state index in [9.17, 15) is 4.79 Å². The van der Waals surface area contributed by atoms with Gasteiger partial charge in [0.15, 0.2) is 0 Å². The maximum Gasteiger partial charge on any atom is 0.330 e. The SMILES string of the molecule is CCOC(=O)C=Cc1ccc(-c2ccccc2OCc2ccccc2)cc1. The maximum atomic E-state index is 11.4. The number of hydrogen-bond donors (Lipinski definition) is 0. The van der Waals surface area contributed by atoms with Gasteiger partial charge in [0.05, 0.1) is 6.61 Å². The Morgan fingerprint density at radius 3 is 2.33 bits per heavy atom. The zero-order valence-corrected chi connectivity index (χ0v) is 15.3. The van der Waals surface area contributed by atoms with Gasteiger partial charge in [-0.2, -0.15) is 0 Å². The summed E-state index contributed by atoms with van der Waals surface area (Å²) >= 11 is 0. The molecule has 0 aromatic heterocycles. The molecule has 3 aromatic rings. The van der Waals surface area contributed by atoms with E-state index in [1.165, 1.54) is 6.08 Å². The van der Waals surface area contributed by atoms with Gasteiger partial charge >= 0.3 is 5.97 Å². The molecular formula is C24H22O3. The zero-order valence-electron chi connectivity index (χ0n) is 15.3. The smallest absolute Gasteiger partial charge is 0.330 e. The number of ether oxygens (including phenoxy) is 2. The van der Waals surface area contributed by atoms with Crippen LogP contribution in [0.3, 0.4) is 0 Å². The largest absolute Gasteiger partial charge is 0.488 e. The van der Waals surface area contributed by atoms with Crippen molar-refractivity contribution in [2.75, 3.05) is 6.61 Å². The van der Waals surface area contributed by atoms with E-state index in [2.05, 4.69) is 0 Å². The number of carbonyl (C=O) groups is 1. The van der Waals surface area contributed by atoms with Crippen molar-refractivity contribution >= 4 is 12.0 Å². The van der Waals surface area contributed by atoms with E-state index in [0.29, 0.717) is 13.2 Å². The van der Waals surface area contributed by atoms with Crippen LogP contribution in [-0.2, 0) is 16.1 Å². The number of benzene rings is 3. The second-order valence-corrected chi connectivity index (χ2v) is 5.98. The Morgan fingerprint density at radius 1 is 0.889 bits per heavy atom. The van der Waals surface area contributed by atoms with Gasteiger partial charge in [-0.25, -0.2) is 4.79 Å². The Hall–Kier alpha value is -3.33. The normalized spacial score (nSPS) is 10.7. The fraction of sp³-hybridized carbons (Fsp3) is 0.125. The fourth-order valence-electron chi connectivity index (χ4n) is 2.69. The Kier molecular flexibility index (Phi) is 6.42.